The summed E-state index contributed by atoms with van der Waals surface area (Å²) in [6, 6.07) is 23.6. The van der Waals surface area contributed by atoms with E-state index in [0.717, 1.165) is 82.8 Å². The van der Waals surface area contributed by atoms with Gasteiger partial charge in [0.2, 0.25) is 11.8 Å². The van der Waals surface area contributed by atoms with E-state index in [1.54, 1.807) is 76.3 Å². The average Bonchev–Trinajstić information content (AvgIpc) is 2.50. The number of fused-ring (bicyclic) bond motifs is 1. The molecule has 1 N–H and O–H groups in total. The van der Waals surface area contributed by atoms with E-state index in [0.29, 0.717) is 128 Å². The number of unbranched alkanes of at least 4 members (excludes halogenated alkanes) is 4. The topological polar surface area (TPSA) is 195 Å². The van der Waals surface area contributed by atoms with Crippen LogP contribution in [0.5, 0.6) is 11.5 Å². The van der Waals surface area contributed by atoms with Crippen LogP contribution in [-0.2, 0) is 57.3 Å². The van der Waals surface area contributed by atoms with Crippen molar-refractivity contribution in [3.8, 4) is 28.0 Å². The number of carbonyl (C=O) groups excluding carboxylic acids is 4. The minimum absolute atomic E-state index is 0.00784. The van der Waals surface area contributed by atoms with Crippen LogP contribution in [0.2, 0.25) is 0 Å². The van der Waals surface area contributed by atoms with E-state index in [9.17, 15) is 37.6 Å². The molecule has 0 bridgehead atoms. The largest absolute Gasteiger partial charge is 0.491 e. The number of nitrogens with one attached hydrogen (secondary N) is 1. The number of halogens is 3. The number of thiazole rings is 1. The molecule has 0 aliphatic carbocycles. The van der Waals surface area contributed by atoms with E-state index in [1.165, 1.54) is 6.07 Å². The van der Waals surface area contributed by atoms with Gasteiger partial charge in [-0.3, -0.25) is 24.1 Å². The lowest BCUT2D eigenvalue weighted by Gasteiger charge is -2.35. The van der Waals surface area contributed by atoms with Crippen molar-refractivity contribution in [1.82, 2.24) is 20.1 Å². The van der Waals surface area contributed by atoms with Crippen LogP contribution in [0.4, 0.5) is 24.5 Å². The Kier molecular flexibility index (Phi) is 24.9. The molecule has 8 rings (SSSR count). The molecule has 18 nitrogen and oxygen atoms in total. The summed E-state index contributed by atoms with van der Waals surface area (Å²) in [5.74, 6) is -0.0615. The third-order valence-electron chi connectivity index (χ3n) is 15.8. The first kappa shape index (κ1) is 67.9. The van der Waals surface area contributed by atoms with Crippen LogP contribution < -0.4 is 24.6 Å². The van der Waals surface area contributed by atoms with Crippen LogP contribution >= 0.6 is 23.6 Å². The van der Waals surface area contributed by atoms with Gasteiger partial charge in [0, 0.05) is 62.9 Å². The molecule has 3 aliphatic rings. The molecule has 4 heterocycles. The van der Waals surface area contributed by atoms with Gasteiger partial charge in [-0.15, -0.1) is 11.3 Å². The Bertz CT molecular complexity index is 3250. The van der Waals surface area contributed by atoms with E-state index in [1.807, 2.05) is 62.7 Å². The number of rotatable bonds is 35. The molecule has 5 aromatic rings. The molecule has 4 aromatic carbocycles. The molecule has 1 aromatic heterocycles. The van der Waals surface area contributed by atoms with Gasteiger partial charge >= 0.3 is 6.18 Å². The number of anilines is 2. The summed E-state index contributed by atoms with van der Waals surface area (Å²) in [6.07, 6.45) is 2.22. The number of alkyl halides is 3. The van der Waals surface area contributed by atoms with E-state index in [4.69, 9.17) is 45.4 Å². The first-order valence-corrected chi connectivity index (χ1v) is 31.7. The molecule has 1 unspecified atom stereocenters. The summed E-state index contributed by atoms with van der Waals surface area (Å²) in [6.45, 7) is 15.9. The predicted molar refractivity (Wildman–Crippen MR) is 336 cm³/mol. The number of aryl methyl sites for hydroxylation is 1. The molecular weight excluding hydrogens is 1190 g/mol. The number of hydrogen-bond acceptors (Lipinski definition) is 15. The molecule has 0 saturated carbocycles. The normalized spacial score (nSPS) is 16.0. The Morgan fingerprint density at radius 2 is 1.39 bits per heavy atom. The number of aromatic nitrogens is 1. The lowest BCUT2D eigenvalue weighted by molar-refractivity contribution is -0.143. The summed E-state index contributed by atoms with van der Waals surface area (Å²) < 4.78 is 82.1. The highest BCUT2D eigenvalue weighted by Gasteiger charge is 2.51. The number of thiocarbonyl (C=S) groups is 1. The van der Waals surface area contributed by atoms with Crippen molar-refractivity contribution in [3.63, 3.8) is 0 Å². The van der Waals surface area contributed by atoms with Crippen LogP contribution in [-0.4, -0.2) is 147 Å². The second-order valence-electron chi connectivity index (χ2n) is 22.8. The fourth-order valence-corrected chi connectivity index (χ4v) is 12.4. The number of likely N-dealkylation sites (tertiary alicyclic amines) is 1. The number of hydrogen-bond donors (Lipinski definition) is 1. The van der Waals surface area contributed by atoms with Crippen LogP contribution in [0.3, 0.4) is 0 Å². The second-order valence-corrected chi connectivity index (χ2v) is 24.0. The molecule has 2 saturated heterocycles. The number of carbonyl (C=O) groups is 4. The quantitative estimate of drug-likeness (QED) is 0.0297. The fourth-order valence-electron chi connectivity index (χ4n) is 11.1. The second kappa shape index (κ2) is 32.6. The minimum Gasteiger partial charge on any atom is -0.491 e. The van der Waals surface area contributed by atoms with Gasteiger partial charge in [-0.1, -0.05) is 44.2 Å². The maximum Gasteiger partial charge on any atom is 0.417 e. The Hall–Kier alpha value is -7.04. The Balaban J connectivity index is 0.618. The highest BCUT2D eigenvalue weighted by Crippen LogP contribution is 2.41. The van der Waals surface area contributed by atoms with E-state index >= 15 is 0 Å². The van der Waals surface area contributed by atoms with Gasteiger partial charge in [0.25, 0.3) is 11.8 Å². The SMILES string of the molecule is Cc1ncsc1-c1ccc(CNC(=O)[C@@H]2CCCN2C(=O)C(C(C)C)N2Cc3ccccc3C2=O)c(OCCOCCOCCCCCOCCCCCOCCOCCOc2ccc(N3C(=S)N(c4ccc(C#N)c(C(F)(F)F)c4)C(=O)C3(C)C)cc2)c1. The first-order valence-electron chi connectivity index (χ1n) is 30.5. The third kappa shape index (κ3) is 17.7. The van der Waals surface area contributed by atoms with Gasteiger partial charge in [0.1, 0.15) is 42.3 Å². The molecule has 0 spiro atoms. The van der Waals surface area contributed by atoms with Gasteiger partial charge in [0.05, 0.1) is 78.6 Å². The summed E-state index contributed by atoms with van der Waals surface area (Å²) in [5.41, 5.74) is 3.59. The molecule has 3 aliphatic heterocycles. The maximum absolute atomic E-state index is 14.2. The van der Waals surface area contributed by atoms with Crippen LogP contribution in [0, 0.1) is 24.2 Å². The standard InChI is InChI=1S/C66H80F3N7O11S2/c1-45(2)58(74-43-50-15-8-9-16-54(50)61(74)78)62(79)73-26-14-17-56(73)60(77)71-42-49-19-18-47(59-46(3)72-44-89-59)39-57(49)87-38-36-85-34-32-83-30-13-7-11-28-81-27-10-6-12-29-82-31-33-84-35-37-86-53-24-22-51(23-25-53)76-64(88)75(63(80)65(76,4)5)52-21-20-48(41-70)55(40-52)66(67,68)69/h8-9,15-16,18-25,39-40,44-45,56,58H,6-7,10-14,17,26-38,42-43H2,1-5H3,(H,71,77)/t56-,58?/m0/s1. The number of benzene rings is 4. The van der Waals surface area contributed by atoms with Gasteiger partial charge in [-0.05, 0) is 156 Å². The zero-order valence-corrected chi connectivity index (χ0v) is 52.9. The summed E-state index contributed by atoms with van der Waals surface area (Å²) in [5, 5.41) is 12.3. The predicted octanol–water partition coefficient (Wildman–Crippen LogP) is 11.1. The van der Waals surface area contributed by atoms with Gasteiger partial charge in [-0.2, -0.15) is 18.4 Å². The number of ether oxygens (including phenoxy) is 7. The molecule has 89 heavy (non-hydrogen) atoms. The summed E-state index contributed by atoms with van der Waals surface area (Å²) in [4.78, 5) is 66.5. The Labute approximate surface area is 528 Å². The van der Waals surface area contributed by atoms with E-state index in [-0.39, 0.29) is 41.0 Å². The van der Waals surface area contributed by atoms with Gasteiger partial charge < -0.3 is 53.2 Å². The van der Waals surface area contributed by atoms with Gasteiger partial charge in [0.15, 0.2) is 5.11 Å². The van der Waals surface area contributed by atoms with E-state index < -0.39 is 40.8 Å². The third-order valence-corrected chi connectivity index (χ3v) is 17.1. The number of amides is 4. The van der Waals surface area contributed by atoms with Crippen molar-refractivity contribution >= 4 is 63.7 Å². The molecule has 0 radical (unpaired) electrons. The molecule has 2 fully saturated rings. The first-order chi connectivity index (χ1) is 42.9. The van der Waals surface area contributed by atoms with Crippen LogP contribution in [0.1, 0.15) is 117 Å². The van der Waals surface area contributed by atoms with Crippen molar-refractivity contribution in [2.75, 3.05) is 95.6 Å². The zero-order chi connectivity index (χ0) is 63.5. The highest BCUT2D eigenvalue weighted by atomic mass is 32.1. The fraction of sp³-hybridized carbons (Fsp3) is 0.500. The number of nitriles is 1. The smallest absolute Gasteiger partial charge is 0.417 e. The molecular formula is C66H80F3N7O11S2. The summed E-state index contributed by atoms with van der Waals surface area (Å²) >= 11 is 7.18. The Morgan fingerprint density at radius 1 is 0.787 bits per heavy atom. The van der Waals surface area contributed by atoms with Crippen LogP contribution in [0.25, 0.3) is 10.4 Å². The monoisotopic (exact) mass is 1270 g/mol. The summed E-state index contributed by atoms with van der Waals surface area (Å²) in [7, 11) is 0. The lowest BCUT2D eigenvalue weighted by atomic mass is 10.0. The van der Waals surface area contributed by atoms with Gasteiger partial charge in [-0.25, -0.2) is 4.98 Å². The molecule has 23 heteroatoms. The Morgan fingerprint density at radius 3 is 2.00 bits per heavy atom. The number of nitrogens with zero attached hydrogens (tertiary/aromatic N) is 6. The van der Waals surface area contributed by atoms with Crippen LogP contribution in [0.15, 0.2) is 90.4 Å². The molecule has 4 amide bonds. The van der Waals surface area contributed by atoms with Crippen molar-refractivity contribution in [2.45, 2.75) is 123 Å². The van der Waals surface area contributed by atoms with E-state index in [2.05, 4.69) is 10.3 Å². The average molecular weight is 1270 g/mol. The maximum atomic E-state index is 14.2. The van der Waals surface area contributed by atoms with Crippen molar-refractivity contribution < 1.29 is 65.5 Å². The molecule has 478 valence electrons. The van der Waals surface area contributed by atoms with Crippen molar-refractivity contribution in [1.29, 1.82) is 5.26 Å². The van der Waals surface area contributed by atoms with Crippen molar-refractivity contribution in [3.05, 3.63) is 124 Å². The minimum atomic E-state index is -4.79. The van der Waals surface area contributed by atoms with Crippen molar-refractivity contribution in [2.24, 2.45) is 5.92 Å². The molecule has 2 atom stereocenters. The lowest BCUT2D eigenvalue weighted by Crippen LogP contribution is -2.55. The zero-order valence-electron chi connectivity index (χ0n) is 51.3. The highest BCUT2D eigenvalue weighted by molar-refractivity contribution is 7.81.